The molecule has 0 bridgehead atoms. The Labute approximate surface area is 189 Å². The van der Waals surface area contributed by atoms with E-state index in [0.29, 0.717) is 17.1 Å². The lowest BCUT2D eigenvalue weighted by Gasteiger charge is -2.28. The van der Waals surface area contributed by atoms with Crippen molar-refractivity contribution in [2.24, 2.45) is 0 Å². The van der Waals surface area contributed by atoms with Gasteiger partial charge in [0.15, 0.2) is 0 Å². The first-order valence-corrected chi connectivity index (χ1v) is 11.6. The summed E-state index contributed by atoms with van der Waals surface area (Å²) in [5.74, 6) is -1.51. The van der Waals surface area contributed by atoms with Gasteiger partial charge in [0.05, 0.1) is 10.0 Å². The van der Waals surface area contributed by atoms with Crippen molar-refractivity contribution in [1.82, 2.24) is 4.31 Å². The summed E-state index contributed by atoms with van der Waals surface area (Å²) in [6.45, 7) is 0.385. The molecule has 0 saturated carbocycles. The molecule has 0 aliphatic carbocycles. The highest BCUT2D eigenvalue weighted by atomic mass is 35.5. The number of carbonyl (C=O) groups excluding carboxylic acids is 1. The summed E-state index contributed by atoms with van der Waals surface area (Å²) in [5, 5.41) is 3.19. The second-order valence-electron chi connectivity index (χ2n) is 7.09. The van der Waals surface area contributed by atoms with E-state index in [-0.39, 0.29) is 23.7 Å². The second kappa shape index (κ2) is 8.59. The Morgan fingerprint density at radius 1 is 0.968 bits per heavy atom. The Hall–Kier alpha value is -2.45. The van der Waals surface area contributed by atoms with E-state index in [1.165, 1.54) is 22.5 Å². The van der Waals surface area contributed by atoms with Gasteiger partial charge in [-0.25, -0.2) is 12.8 Å². The van der Waals surface area contributed by atoms with Gasteiger partial charge >= 0.3 is 0 Å². The van der Waals surface area contributed by atoms with Crippen LogP contribution < -0.4 is 5.32 Å². The molecule has 0 fully saturated rings. The number of hydrogen-bond donors (Lipinski definition) is 1. The summed E-state index contributed by atoms with van der Waals surface area (Å²) in [6, 6.07) is 15.4. The highest BCUT2D eigenvalue weighted by Gasteiger charge is 2.31. The summed E-state index contributed by atoms with van der Waals surface area (Å²) >= 11 is 11.8. The second-order valence-corrected chi connectivity index (χ2v) is 9.81. The topological polar surface area (TPSA) is 66.5 Å². The molecule has 0 unspecified atom stereocenters. The summed E-state index contributed by atoms with van der Waals surface area (Å²) in [5.41, 5.74) is 2.33. The third-order valence-corrected chi connectivity index (χ3v) is 7.68. The fourth-order valence-electron chi connectivity index (χ4n) is 3.43. The van der Waals surface area contributed by atoms with Crippen LogP contribution in [0.3, 0.4) is 0 Å². The number of carbonyl (C=O) groups is 1. The Bertz CT molecular complexity index is 1280. The zero-order valence-electron chi connectivity index (χ0n) is 16.1. The number of nitrogens with zero attached hydrogens (tertiary/aromatic N) is 1. The molecule has 0 aromatic heterocycles. The first-order chi connectivity index (χ1) is 14.8. The van der Waals surface area contributed by atoms with Gasteiger partial charge in [-0.15, -0.1) is 0 Å². The lowest BCUT2D eigenvalue weighted by Crippen LogP contribution is -2.36. The first kappa shape index (κ1) is 21.8. The molecule has 1 aliphatic rings. The van der Waals surface area contributed by atoms with Gasteiger partial charge in [0, 0.05) is 24.3 Å². The van der Waals surface area contributed by atoms with Gasteiger partial charge in [0.2, 0.25) is 10.0 Å². The van der Waals surface area contributed by atoms with Crippen molar-refractivity contribution in [1.29, 1.82) is 0 Å². The molecule has 0 spiro atoms. The summed E-state index contributed by atoms with van der Waals surface area (Å²) in [6.07, 6.45) is 0.536. The molecule has 3 aromatic rings. The summed E-state index contributed by atoms with van der Waals surface area (Å²) < 4.78 is 42.1. The van der Waals surface area contributed by atoms with Gasteiger partial charge < -0.3 is 5.32 Å². The number of rotatable bonds is 4. The van der Waals surface area contributed by atoms with Crippen LogP contribution in [0.4, 0.5) is 10.1 Å². The Morgan fingerprint density at radius 2 is 1.71 bits per heavy atom. The van der Waals surface area contributed by atoms with Crippen LogP contribution in [-0.2, 0) is 23.0 Å². The maximum atomic E-state index is 14.5. The van der Waals surface area contributed by atoms with Crippen LogP contribution in [0.25, 0.3) is 0 Å². The molecule has 0 atom stereocenters. The van der Waals surface area contributed by atoms with Gasteiger partial charge in [0.1, 0.15) is 10.7 Å². The van der Waals surface area contributed by atoms with Crippen molar-refractivity contribution in [2.75, 3.05) is 11.9 Å². The average Bonchev–Trinajstić information content (AvgIpc) is 2.76. The predicted octanol–water partition coefficient (Wildman–Crippen LogP) is 5.13. The van der Waals surface area contributed by atoms with E-state index in [2.05, 4.69) is 5.32 Å². The van der Waals surface area contributed by atoms with E-state index < -0.39 is 26.6 Å². The normalized spacial score (nSPS) is 14.2. The van der Waals surface area contributed by atoms with E-state index >= 15 is 0 Å². The number of anilines is 1. The SMILES string of the molecule is O=C(Nc1ccc(Cl)c(Cl)c1)c1ccc(F)c(S(=O)(=O)N2CCc3ccccc3C2)c1. The van der Waals surface area contributed by atoms with Crippen LogP contribution in [0.2, 0.25) is 10.0 Å². The Morgan fingerprint density at radius 3 is 2.45 bits per heavy atom. The number of amides is 1. The number of hydrogen-bond acceptors (Lipinski definition) is 3. The first-order valence-electron chi connectivity index (χ1n) is 9.38. The molecule has 9 heteroatoms. The molecule has 1 heterocycles. The highest BCUT2D eigenvalue weighted by molar-refractivity contribution is 7.89. The van der Waals surface area contributed by atoms with Crippen molar-refractivity contribution in [2.45, 2.75) is 17.9 Å². The summed E-state index contributed by atoms with van der Waals surface area (Å²) in [4.78, 5) is 12.1. The quantitative estimate of drug-likeness (QED) is 0.564. The van der Waals surface area contributed by atoms with Crippen LogP contribution >= 0.6 is 23.2 Å². The molecular weight excluding hydrogens is 462 g/mol. The fourth-order valence-corrected chi connectivity index (χ4v) is 5.24. The molecule has 5 nitrogen and oxygen atoms in total. The number of sulfonamides is 1. The van der Waals surface area contributed by atoms with Gasteiger partial charge in [-0.1, -0.05) is 47.5 Å². The van der Waals surface area contributed by atoms with Crippen LogP contribution in [0.1, 0.15) is 21.5 Å². The minimum Gasteiger partial charge on any atom is -0.322 e. The monoisotopic (exact) mass is 478 g/mol. The molecule has 160 valence electrons. The average molecular weight is 479 g/mol. The largest absolute Gasteiger partial charge is 0.322 e. The molecule has 3 aromatic carbocycles. The van der Waals surface area contributed by atoms with Crippen molar-refractivity contribution in [3.8, 4) is 0 Å². The third kappa shape index (κ3) is 4.45. The maximum Gasteiger partial charge on any atom is 0.255 e. The van der Waals surface area contributed by atoms with Gasteiger partial charge in [-0.05, 0) is 53.9 Å². The molecule has 1 N–H and O–H groups in total. The molecule has 1 amide bonds. The molecule has 4 rings (SSSR count). The number of fused-ring (bicyclic) bond motifs is 1. The van der Waals surface area contributed by atoms with Crippen molar-refractivity contribution in [3.63, 3.8) is 0 Å². The highest BCUT2D eigenvalue weighted by Crippen LogP contribution is 2.28. The van der Waals surface area contributed by atoms with Crippen LogP contribution in [0.15, 0.2) is 65.6 Å². The zero-order chi connectivity index (χ0) is 22.2. The van der Waals surface area contributed by atoms with E-state index in [1.54, 1.807) is 6.07 Å². The van der Waals surface area contributed by atoms with Crippen molar-refractivity contribution >= 4 is 44.8 Å². The van der Waals surface area contributed by atoms with Crippen LogP contribution in [-0.4, -0.2) is 25.2 Å². The van der Waals surface area contributed by atoms with Crippen molar-refractivity contribution in [3.05, 3.63) is 93.2 Å². The van der Waals surface area contributed by atoms with Gasteiger partial charge in [0.25, 0.3) is 5.91 Å². The number of benzene rings is 3. The summed E-state index contributed by atoms with van der Waals surface area (Å²) in [7, 11) is -4.14. The molecule has 0 saturated heterocycles. The van der Waals surface area contributed by atoms with E-state index in [9.17, 15) is 17.6 Å². The molecular formula is C22H17Cl2FN2O3S. The zero-order valence-corrected chi connectivity index (χ0v) is 18.4. The Kier molecular flexibility index (Phi) is 6.03. The minimum absolute atomic E-state index is 0.00320. The standard InChI is InChI=1S/C22H17Cl2FN2O3S/c23-18-7-6-17(12-19(18)24)26-22(28)15-5-8-20(25)21(11-15)31(29,30)27-10-9-14-3-1-2-4-16(14)13-27/h1-8,11-12H,9-10,13H2,(H,26,28). The molecule has 31 heavy (non-hydrogen) atoms. The number of nitrogens with one attached hydrogen (secondary N) is 1. The van der Waals surface area contributed by atoms with Gasteiger partial charge in [-0.3, -0.25) is 4.79 Å². The molecule has 0 radical (unpaired) electrons. The predicted molar refractivity (Wildman–Crippen MR) is 119 cm³/mol. The molecule has 1 aliphatic heterocycles. The van der Waals surface area contributed by atoms with E-state index in [1.807, 2.05) is 24.3 Å². The maximum absolute atomic E-state index is 14.5. The van der Waals surface area contributed by atoms with Crippen LogP contribution in [0, 0.1) is 5.82 Å². The van der Waals surface area contributed by atoms with E-state index in [0.717, 1.165) is 23.3 Å². The smallest absolute Gasteiger partial charge is 0.255 e. The number of halogens is 3. The van der Waals surface area contributed by atoms with Crippen LogP contribution in [0.5, 0.6) is 0 Å². The Balaban J connectivity index is 1.61. The van der Waals surface area contributed by atoms with E-state index in [4.69, 9.17) is 23.2 Å². The fraction of sp³-hybridized carbons (Fsp3) is 0.136. The van der Waals surface area contributed by atoms with Gasteiger partial charge in [-0.2, -0.15) is 4.31 Å². The minimum atomic E-state index is -4.14. The lowest BCUT2D eigenvalue weighted by molar-refractivity contribution is 0.102. The lowest BCUT2D eigenvalue weighted by atomic mass is 10.0. The third-order valence-electron chi connectivity index (χ3n) is 5.08. The van der Waals surface area contributed by atoms with Crippen molar-refractivity contribution < 1.29 is 17.6 Å².